The second kappa shape index (κ2) is 4.06. The van der Waals surface area contributed by atoms with Crippen LogP contribution in [0.5, 0.6) is 0 Å². The van der Waals surface area contributed by atoms with Crippen molar-refractivity contribution < 1.29 is 9.90 Å². The van der Waals surface area contributed by atoms with Crippen molar-refractivity contribution in [3.05, 3.63) is 22.2 Å². The molecule has 0 heterocycles. The van der Waals surface area contributed by atoms with E-state index in [1.807, 2.05) is 13.0 Å². The van der Waals surface area contributed by atoms with E-state index in [2.05, 4.69) is 0 Å². The van der Waals surface area contributed by atoms with E-state index in [0.29, 0.717) is 16.5 Å². The standard InChI is InChI=1S/C11H10Cl4O2/c1-10(3-2-5(12)6(13)4-10)8-7(9(16)17)11(8,14)15/h2-3,7-8H,4H2,1H3,(H,16,17)/t7-,8-,10?/m0/s1. The van der Waals surface area contributed by atoms with Gasteiger partial charge in [0.2, 0.25) is 0 Å². The van der Waals surface area contributed by atoms with Gasteiger partial charge in [-0.05, 0) is 17.9 Å². The number of allylic oxidation sites excluding steroid dienone is 4. The molecule has 3 atom stereocenters. The van der Waals surface area contributed by atoms with Crippen LogP contribution in [0.4, 0.5) is 0 Å². The van der Waals surface area contributed by atoms with Crippen LogP contribution < -0.4 is 0 Å². The number of rotatable bonds is 2. The lowest BCUT2D eigenvalue weighted by atomic mass is 9.78. The molecule has 1 saturated carbocycles. The van der Waals surface area contributed by atoms with Crippen molar-refractivity contribution in [1.82, 2.24) is 0 Å². The number of carboxylic acids is 1. The van der Waals surface area contributed by atoms with E-state index in [1.165, 1.54) is 0 Å². The first-order valence-electron chi connectivity index (χ1n) is 5.04. The van der Waals surface area contributed by atoms with E-state index in [1.54, 1.807) is 6.08 Å². The predicted molar refractivity (Wildman–Crippen MR) is 69.6 cm³/mol. The van der Waals surface area contributed by atoms with Gasteiger partial charge in [0.1, 0.15) is 4.33 Å². The minimum Gasteiger partial charge on any atom is -0.481 e. The Morgan fingerprint density at radius 3 is 2.47 bits per heavy atom. The molecule has 2 aliphatic rings. The lowest BCUT2D eigenvalue weighted by Crippen LogP contribution is -2.22. The normalized spacial score (nSPS) is 39.4. The van der Waals surface area contributed by atoms with Gasteiger partial charge in [0, 0.05) is 11.0 Å². The molecule has 6 heteroatoms. The number of carboxylic acid groups (broad SMARTS) is 1. The first-order valence-corrected chi connectivity index (χ1v) is 6.55. The first-order chi connectivity index (χ1) is 7.70. The Morgan fingerprint density at radius 1 is 1.47 bits per heavy atom. The molecule has 1 fully saturated rings. The van der Waals surface area contributed by atoms with E-state index in [0.717, 1.165) is 0 Å². The van der Waals surface area contributed by atoms with E-state index in [-0.39, 0.29) is 5.92 Å². The van der Waals surface area contributed by atoms with Gasteiger partial charge < -0.3 is 5.11 Å². The van der Waals surface area contributed by atoms with Crippen molar-refractivity contribution >= 4 is 52.4 Å². The monoisotopic (exact) mass is 314 g/mol. The Hall–Kier alpha value is 0.110. The van der Waals surface area contributed by atoms with Gasteiger partial charge in [-0.1, -0.05) is 36.2 Å². The summed E-state index contributed by atoms with van der Waals surface area (Å²) in [6.07, 6.45) is 3.97. The minimum absolute atomic E-state index is 0.356. The van der Waals surface area contributed by atoms with E-state index in [4.69, 9.17) is 51.5 Å². The van der Waals surface area contributed by atoms with Gasteiger partial charge in [-0.15, -0.1) is 23.2 Å². The Labute approximate surface area is 119 Å². The van der Waals surface area contributed by atoms with Gasteiger partial charge in [-0.2, -0.15) is 0 Å². The van der Waals surface area contributed by atoms with Crippen molar-refractivity contribution in [3.8, 4) is 0 Å². The summed E-state index contributed by atoms with van der Waals surface area (Å²) in [7, 11) is 0. The van der Waals surface area contributed by atoms with Crippen LogP contribution in [-0.4, -0.2) is 15.4 Å². The lowest BCUT2D eigenvalue weighted by Gasteiger charge is -2.29. The topological polar surface area (TPSA) is 37.3 Å². The average molecular weight is 316 g/mol. The molecule has 0 aromatic carbocycles. The van der Waals surface area contributed by atoms with Gasteiger partial charge in [0.25, 0.3) is 0 Å². The second-order valence-electron chi connectivity index (χ2n) is 4.74. The first kappa shape index (κ1) is 13.5. The van der Waals surface area contributed by atoms with Crippen LogP contribution in [0.2, 0.25) is 0 Å². The lowest BCUT2D eigenvalue weighted by molar-refractivity contribution is -0.139. The smallest absolute Gasteiger partial charge is 0.310 e. The zero-order valence-electron chi connectivity index (χ0n) is 8.88. The summed E-state index contributed by atoms with van der Waals surface area (Å²) in [6, 6.07) is 0. The van der Waals surface area contributed by atoms with Crippen LogP contribution in [0.3, 0.4) is 0 Å². The fourth-order valence-corrected chi connectivity index (χ4v) is 4.04. The Kier molecular flexibility index (Phi) is 3.23. The molecule has 2 nitrogen and oxygen atoms in total. The molecule has 0 bridgehead atoms. The zero-order chi connectivity index (χ0) is 13.0. The average Bonchev–Trinajstić information content (AvgIpc) is 2.77. The Balaban J connectivity index is 2.27. The molecule has 0 radical (unpaired) electrons. The molecule has 17 heavy (non-hydrogen) atoms. The van der Waals surface area contributed by atoms with Gasteiger partial charge in [-0.3, -0.25) is 4.79 Å². The van der Waals surface area contributed by atoms with Crippen molar-refractivity contribution in [2.75, 3.05) is 0 Å². The molecule has 2 aliphatic carbocycles. The molecule has 0 amide bonds. The highest BCUT2D eigenvalue weighted by atomic mass is 35.5. The van der Waals surface area contributed by atoms with Crippen molar-refractivity contribution in [2.45, 2.75) is 17.7 Å². The number of carbonyl (C=O) groups is 1. The molecular formula is C11H10Cl4O2. The number of aliphatic carboxylic acids is 1. The summed E-state index contributed by atoms with van der Waals surface area (Å²) in [6.45, 7) is 1.89. The van der Waals surface area contributed by atoms with Gasteiger partial charge in [0.05, 0.1) is 11.0 Å². The summed E-state index contributed by atoms with van der Waals surface area (Å²) < 4.78 is -1.23. The van der Waals surface area contributed by atoms with Crippen molar-refractivity contribution in [2.24, 2.45) is 17.3 Å². The maximum absolute atomic E-state index is 11.1. The largest absolute Gasteiger partial charge is 0.481 e. The van der Waals surface area contributed by atoms with Crippen LogP contribution in [0, 0.1) is 17.3 Å². The number of hydrogen-bond donors (Lipinski definition) is 1. The maximum Gasteiger partial charge on any atom is 0.310 e. The molecule has 94 valence electrons. The second-order valence-corrected chi connectivity index (χ2v) is 7.04. The quantitative estimate of drug-likeness (QED) is 0.777. The molecule has 0 aliphatic heterocycles. The van der Waals surface area contributed by atoms with Crippen molar-refractivity contribution in [3.63, 3.8) is 0 Å². The number of halogens is 4. The van der Waals surface area contributed by atoms with Crippen LogP contribution in [0.25, 0.3) is 0 Å². The summed E-state index contributed by atoms with van der Waals surface area (Å²) in [5, 5.41) is 10.0. The summed E-state index contributed by atoms with van der Waals surface area (Å²) in [5.74, 6) is -2.10. The molecule has 1 unspecified atom stereocenters. The fourth-order valence-electron chi connectivity index (χ4n) is 2.50. The van der Waals surface area contributed by atoms with Gasteiger partial charge in [-0.25, -0.2) is 0 Å². The third-order valence-corrected chi connectivity index (χ3v) is 5.16. The molecule has 0 aromatic heterocycles. The van der Waals surface area contributed by atoms with E-state index < -0.39 is 21.6 Å². The van der Waals surface area contributed by atoms with Gasteiger partial charge in [0.15, 0.2) is 0 Å². The van der Waals surface area contributed by atoms with Crippen LogP contribution >= 0.6 is 46.4 Å². The SMILES string of the molecule is CC1([C@@H]2[C@@H](C(=O)O)C2(Cl)Cl)C=CC(Cl)=C(Cl)C1. The summed E-state index contributed by atoms with van der Waals surface area (Å²) in [5.41, 5.74) is -0.470. The molecule has 0 saturated heterocycles. The minimum atomic E-state index is -1.23. The van der Waals surface area contributed by atoms with Gasteiger partial charge >= 0.3 is 5.97 Å². The number of alkyl halides is 2. The molecule has 0 spiro atoms. The Bertz CT molecular complexity index is 441. The van der Waals surface area contributed by atoms with Crippen LogP contribution in [0.1, 0.15) is 13.3 Å². The highest BCUT2D eigenvalue weighted by Gasteiger charge is 2.72. The Morgan fingerprint density at radius 2 is 2.06 bits per heavy atom. The maximum atomic E-state index is 11.1. The third-order valence-electron chi connectivity index (χ3n) is 3.44. The van der Waals surface area contributed by atoms with Crippen LogP contribution in [-0.2, 0) is 4.79 Å². The highest BCUT2D eigenvalue weighted by molar-refractivity contribution is 6.52. The summed E-state index contributed by atoms with van der Waals surface area (Å²) in [4.78, 5) is 11.1. The molecule has 1 N–H and O–H groups in total. The highest BCUT2D eigenvalue weighted by Crippen LogP contribution is 2.68. The molecular weight excluding hydrogens is 306 g/mol. The van der Waals surface area contributed by atoms with Crippen molar-refractivity contribution in [1.29, 1.82) is 0 Å². The summed E-state index contributed by atoms with van der Waals surface area (Å²) >= 11 is 23.9. The van der Waals surface area contributed by atoms with E-state index in [9.17, 15) is 4.79 Å². The zero-order valence-corrected chi connectivity index (χ0v) is 11.9. The van der Waals surface area contributed by atoms with E-state index >= 15 is 0 Å². The van der Waals surface area contributed by atoms with Crippen LogP contribution in [0.15, 0.2) is 22.2 Å². The predicted octanol–water partition coefficient (Wildman–Crippen LogP) is 4.15. The molecule has 2 rings (SSSR count). The third kappa shape index (κ3) is 2.10. The number of hydrogen-bond acceptors (Lipinski definition) is 1. The fraction of sp³-hybridized carbons (Fsp3) is 0.545. The molecule has 0 aromatic rings.